The fourth-order valence-corrected chi connectivity index (χ4v) is 1.38. The largest absolute Gasteiger partial charge is 0.353 e. The van der Waals surface area contributed by atoms with E-state index < -0.39 is 6.04 Å². The molecule has 1 rings (SSSR count). The van der Waals surface area contributed by atoms with E-state index in [2.05, 4.69) is 15.6 Å². The second-order valence-electron chi connectivity index (χ2n) is 4.56. The van der Waals surface area contributed by atoms with E-state index in [0.717, 1.165) is 0 Å². The molecule has 0 saturated heterocycles. The minimum absolute atomic E-state index is 0. The summed E-state index contributed by atoms with van der Waals surface area (Å²) < 4.78 is 0. The number of nitrogens with zero attached hydrogens (tertiary/aromatic N) is 1. The first-order chi connectivity index (χ1) is 9.02. The topological polar surface area (TPSA) is 97.1 Å². The van der Waals surface area contributed by atoms with Crippen LogP contribution in [0.3, 0.4) is 0 Å². The Balaban J connectivity index is 0.00000361. The molecule has 2 amide bonds. The molecule has 112 valence electrons. The van der Waals surface area contributed by atoms with E-state index in [0.29, 0.717) is 18.7 Å². The first-order valence-electron chi connectivity index (χ1n) is 6.24. The van der Waals surface area contributed by atoms with Gasteiger partial charge in [0.2, 0.25) is 5.91 Å². The molecule has 0 fully saturated rings. The third-order valence-corrected chi connectivity index (χ3v) is 2.65. The monoisotopic (exact) mass is 300 g/mol. The van der Waals surface area contributed by atoms with Gasteiger partial charge in [-0.05, 0) is 18.1 Å². The summed E-state index contributed by atoms with van der Waals surface area (Å²) in [5.74, 6) is -0.328. The highest BCUT2D eigenvalue weighted by Gasteiger charge is 2.16. The molecule has 0 spiro atoms. The zero-order valence-corrected chi connectivity index (χ0v) is 12.4. The molecule has 7 heteroatoms. The van der Waals surface area contributed by atoms with Crippen molar-refractivity contribution >= 4 is 24.2 Å². The maximum absolute atomic E-state index is 11.6. The molecule has 1 aromatic heterocycles. The average Bonchev–Trinajstić information content (AvgIpc) is 2.43. The lowest BCUT2D eigenvalue weighted by atomic mass is 10.1. The van der Waals surface area contributed by atoms with Gasteiger partial charge in [0, 0.05) is 25.5 Å². The first-order valence-corrected chi connectivity index (χ1v) is 6.24. The van der Waals surface area contributed by atoms with Crippen molar-refractivity contribution in [3.8, 4) is 0 Å². The Labute approximate surface area is 124 Å². The Bertz CT molecular complexity index is 426. The summed E-state index contributed by atoms with van der Waals surface area (Å²) in [6.07, 6.45) is 3.09. The molecule has 1 aromatic rings. The molecule has 0 saturated carbocycles. The van der Waals surface area contributed by atoms with Crippen molar-refractivity contribution in [2.75, 3.05) is 13.1 Å². The van der Waals surface area contributed by atoms with Crippen LogP contribution in [-0.4, -0.2) is 35.9 Å². The van der Waals surface area contributed by atoms with Gasteiger partial charge in [-0.2, -0.15) is 0 Å². The smallest absolute Gasteiger partial charge is 0.252 e. The van der Waals surface area contributed by atoms with Crippen LogP contribution in [0.2, 0.25) is 0 Å². The van der Waals surface area contributed by atoms with Crippen molar-refractivity contribution in [2.45, 2.75) is 19.9 Å². The molecular weight excluding hydrogens is 280 g/mol. The number of nitrogens with one attached hydrogen (secondary N) is 2. The summed E-state index contributed by atoms with van der Waals surface area (Å²) in [6.45, 7) is 4.47. The summed E-state index contributed by atoms with van der Waals surface area (Å²) >= 11 is 0. The molecule has 0 aliphatic carbocycles. The molecule has 1 atom stereocenters. The standard InChI is InChI=1S/C13H20N4O2.ClH/c1-9(2)11(14)13(19)17-7-6-16-12(18)10-4-3-5-15-8-10;/h3-5,8-9,11H,6-7,14H2,1-2H3,(H,16,18)(H,17,19);1H/t11-;/m0./s1. The Morgan fingerprint density at radius 1 is 1.30 bits per heavy atom. The number of hydrogen-bond acceptors (Lipinski definition) is 4. The lowest BCUT2D eigenvalue weighted by Gasteiger charge is -2.15. The van der Waals surface area contributed by atoms with Crippen LogP contribution in [-0.2, 0) is 4.79 Å². The molecule has 0 aliphatic heterocycles. The zero-order valence-electron chi connectivity index (χ0n) is 11.6. The Kier molecular flexibility index (Phi) is 8.51. The maximum Gasteiger partial charge on any atom is 0.252 e. The SMILES string of the molecule is CC(C)[C@H](N)C(=O)NCCNC(=O)c1cccnc1.Cl. The van der Waals surface area contributed by atoms with Crippen molar-refractivity contribution in [3.05, 3.63) is 30.1 Å². The Morgan fingerprint density at radius 3 is 2.50 bits per heavy atom. The molecule has 0 aliphatic rings. The normalized spacial score (nSPS) is 11.4. The number of carbonyl (C=O) groups is 2. The number of amides is 2. The third-order valence-electron chi connectivity index (χ3n) is 2.65. The van der Waals surface area contributed by atoms with Crippen molar-refractivity contribution in [2.24, 2.45) is 11.7 Å². The van der Waals surface area contributed by atoms with E-state index in [-0.39, 0.29) is 30.1 Å². The van der Waals surface area contributed by atoms with Crippen LogP contribution in [0.4, 0.5) is 0 Å². The van der Waals surface area contributed by atoms with E-state index in [1.807, 2.05) is 13.8 Å². The van der Waals surface area contributed by atoms with Crippen LogP contribution < -0.4 is 16.4 Å². The summed E-state index contributed by atoms with van der Waals surface area (Å²) in [4.78, 5) is 27.0. The Hall–Kier alpha value is -1.66. The highest BCUT2D eigenvalue weighted by atomic mass is 35.5. The molecule has 0 unspecified atom stereocenters. The van der Waals surface area contributed by atoms with Gasteiger partial charge in [0.05, 0.1) is 11.6 Å². The number of nitrogens with two attached hydrogens (primary N) is 1. The fraction of sp³-hybridized carbons (Fsp3) is 0.462. The van der Waals surface area contributed by atoms with Crippen LogP contribution in [0.25, 0.3) is 0 Å². The van der Waals surface area contributed by atoms with Crippen LogP contribution >= 0.6 is 12.4 Å². The molecule has 1 heterocycles. The second-order valence-corrected chi connectivity index (χ2v) is 4.56. The number of aromatic nitrogens is 1. The number of pyridine rings is 1. The molecule has 0 bridgehead atoms. The molecule has 0 radical (unpaired) electrons. The Morgan fingerprint density at radius 2 is 1.95 bits per heavy atom. The lowest BCUT2D eigenvalue weighted by molar-refractivity contribution is -0.123. The fourth-order valence-electron chi connectivity index (χ4n) is 1.38. The van der Waals surface area contributed by atoms with Gasteiger partial charge in [-0.3, -0.25) is 14.6 Å². The second kappa shape index (κ2) is 9.28. The van der Waals surface area contributed by atoms with Crippen molar-refractivity contribution in [1.29, 1.82) is 0 Å². The van der Waals surface area contributed by atoms with E-state index in [1.54, 1.807) is 18.3 Å². The average molecular weight is 301 g/mol. The van der Waals surface area contributed by atoms with Gasteiger partial charge >= 0.3 is 0 Å². The lowest BCUT2D eigenvalue weighted by Crippen LogP contribution is -2.46. The van der Waals surface area contributed by atoms with Gasteiger partial charge in [0.1, 0.15) is 0 Å². The van der Waals surface area contributed by atoms with Crippen LogP contribution in [0.5, 0.6) is 0 Å². The highest BCUT2D eigenvalue weighted by Crippen LogP contribution is 1.97. The minimum Gasteiger partial charge on any atom is -0.353 e. The van der Waals surface area contributed by atoms with Crippen molar-refractivity contribution in [3.63, 3.8) is 0 Å². The van der Waals surface area contributed by atoms with Gasteiger partial charge in [0.15, 0.2) is 0 Å². The summed E-state index contributed by atoms with van der Waals surface area (Å²) in [5, 5.41) is 5.36. The predicted octanol–water partition coefficient (Wildman–Crippen LogP) is 0.333. The van der Waals surface area contributed by atoms with Crippen molar-refractivity contribution in [1.82, 2.24) is 15.6 Å². The third kappa shape index (κ3) is 5.99. The summed E-state index contributed by atoms with van der Waals surface area (Å²) in [6, 6.07) is 2.85. The summed E-state index contributed by atoms with van der Waals surface area (Å²) in [5.41, 5.74) is 6.18. The summed E-state index contributed by atoms with van der Waals surface area (Å²) in [7, 11) is 0. The van der Waals surface area contributed by atoms with E-state index in [1.165, 1.54) is 6.20 Å². The predicted molar refractivity (Wildman–Crippen MR) is 79.6 cm³/mol. The maximum atomic E-state index is 11.6. The van der Waals surface area contributed by atoms with Crippen molar-refractivity contribution < 1.29 is 9.59 Å². The van der Waals surface area contributed by atoms with Gasteiger partial charge in [-0.25, -0.2) is 0 Å². The van der Waals surface area contributed by atoms with Crippen LogP contribution in [0, 0.1) is 5.92 Å². The number of halogens is 1. The van der Waals surface area contributed by atoms with Crippen LogP contribution in [0.15, 0.2) is 24.5 Å². The molecule has 4 N–H and O–H groups in total. The highest BCUT2D eigenvalue weighted by molar-refractivity contribution is 5.93. The van der Waals surface area contributed by atoms with Gasteiger partial charge in [-0.15, -0.1) is 12.4 Å². The van der Waals surface area contributed by atoms with E-state index >= 15 is 0 Å². The molecular formula is C13H21ClN4O2. The van der Waals surface area contributed by atoms with Crippen LogP contribution in [0.1, 0.15) is 24.2 Å². The first kappa shape index (κ1) is 18.3. The number of hydrogen-bond donors (Lipinski definition) is 3. The van der Waals surface area contributed by atoms with E-state index in [4.69, 9.17) is 5.73 Å². The van der Waals surface area contributed by atoms with Gasteiger partial charge < -0.3 is 16.4 Å². The number of carbonyl (C=O) groups excluding carboxylic acids is 2. The van der Waals surface area contributed by atoms with Gasteiger partial charge in [0.25, 0.3) is 5.91 Å². The van der Waals surface area contributed by atoms with E-state index in [9.17, 15) is 9.59 Å². The molecule has 6 nitrogen and oxygen atoms in total. The van der Waals surface area contributed by atoms with Gasteiger partial charge in [-0.1, -0.05) is 13.8 Å². The molecule has 0 aromatic carbocycles. The zero-order chi connectivity index (χ0) is 14.3. The quantitative estimate of drug-likeness (QED) is 0.660. The minimum atomic E-state index is -0.519. The molecule has 20 heavy (non-hydrogen) atoms. The number of rotatable bonds is 6.